The van der Waals surface area contributed by atoms with E-state index in [1.807, 2.05) is 0 Å². The van der Waals surface area contributed by atoms with Crippen molar-refractivity contribution in [2.45, 2.75) is 38.9 Å². The van der Waals surface area contributed by atoms with E-state index < -0.39 is 12.7 Å². The number of halogens is 3. The fraction of sp³-hybridized carbons (Fsp3) is 1.00. The lowest BCUT2D eigenvalue weighted by Crippen LogP contribution is -2.51. The van der Waals surface area contributed by atoms with Crippen LogP contribution < -0.4 is 5.32 Å². The summed E-state index contributed by atoms with van der Waals surface area (Å²) in [5, 5.41) is 3.36. The summed E-state index contributed by atoms with van der Waals surface area (Å²) in [4.78, 5) is 3.79. The second-order valence-electron chi connectivity index (χ2n) is 5.31. The summed E-state index contributed by atoms with van der Waals surface area (Å²) in [6.45, 7) is 8.06. The molecule has 114 valence electrons. The Balaban J connectivity index is 2.18. The molecule has 6 heteroatoms. The van der Waals surface area contributed by atoms with Crippen LogP contribution in [-0.4, -0.2) is 67.8 Å². The van der Waals surface area contributed by atoms with Crippen LogP contribution in [-0.2, 0) is 0 Å². The van der Waals surface area contributed by atoms with Gasteiger partial charge in [0.1, 0.15) is 0 Å². The highest BCUT2D eigenvalue weighted by Gasteiger charge is 2.32. The molecule has 1 N–H and O–H groups in total. The van der Waals surface area contributed by atoms with E-state index in [1.54, 1.807) is 0 Å². The Bertz CT molecular complexity index is 238. The molecule has 1 fully saturated rings. The molecule has 0 radical (unpaired) electrons. The number of hydrogen-bond acceptors (Lipinski definition) is 3. The largest absolute Gasteiger partial charge is 0.401 e. The van der Waals surface area contributed by atoms with Gasteiger partial charge in [0, 0.05) is 32.2 Å². The normalized spacial score (nSPS) is 20.7. The number of nitrogens with one attached hydrogen (secondary N) is 1. The highest BCUT2D eigenvalue weighted by molar-refractivity contribution is 4.77. The van der Waals surface area contributed by atoms with Crippen LogP contribution >= 0.6 is 0 Å². The molecule has 3 nitrogen and oxygen atoms in total. The fourth-order valence-corrected chi connectivity index (χ4v) is 2.41. The SMILES string of the molecule is CCCNCCC(C)N1CCN(CC(F)(F)F)CC1. The van der Waals surface area contributed by atoms with Gasteiger partial charge in [-0.15, -0.1) is 0 Å². The molecule has 0 aliphatic carbocycles. The predicted molar refractivity (Wildman–Crippen MR) is 71.3 cm³/mol. The Labute approximate surface area is 114 Å². The zero-order valence-corrected chi connectivity index (χ0v) is 12.0. The van der Waals surface area contributed by atoms with Crippen LogP contribution in [0.5, 0.6) is 0 Å². The zero-order valence-electron chi connectivity index (χ0n) is 12.0. The molecular weight excluding hydrogens is 255 g/mol. The maximum absolute atomic E-state index is 12.3. The Morgan fingerprint density at radius 3 is 2.26 bits per heavy atom. The van der Waals surface area contributed by atoms with E-state index >= 15 is 0 Å². The van der Waals surface area contributed by atoms with Gasteiger partial charge in [-0.1, -0.05) is 6.92 Å². The lowest BCUT2D eigenvalue weighted by atomic mass is 10.1. The molecule has 1 atom stereocenters. The van der Waals surface area contributed by atoms with Crippen molar-refractivity contribution >= 4 is 0 Å². The first-order valence-electron chi connectivity index (χ1n) is 7.16. The van der Waals surface area contributed by atoms with E-state index in [4.69, 9.17) is 0 Å². The molecule has 0 amide bonds. The molecule has 0 aromatic rings. The lowest BCUT2D eigenvalue weighted by molar-refractivity contribution is -0.149. The van der Waals surface area contributed by atoms with Gasteiger partial charge < -0.3 is 5.32 Å². The molecule has 1 aliphatic rings. The van der Waals surface area contributed by atoms with E-state index in [9.17, 15) is 13.2 Å². The van der Waals surface area contributed by atoms with Crippen molar-refractivity contribution < 1.29 is 13.2 Å². The minimum atomic E-state index is -4.07. The van der Waals surface area contributed by atoms with Crippen LogP contribution in [0.15, 0.2) is 0 Å². The summed E-state index contributed by atoms with van der Waals surface area (Å²) in [6.07, 6.45) is -1.89. The summed E-state index contributed by atoms with van der Waals surface area (Å²) in [7, 11) is 0. The van der Waals surface area contributed by atoms with Crippen molar-refractivity contribution in [3.63, 3.8) is 0 Å². The van der Waals surface area contributed by atoms with Crippen LogP contribution in [0.4, 0.5) is 13.2 Å². The van der Waals surface area contributed by atoms with E-state index in [-0.39, 0.29) is 0 Å². The van der Waals surface area contributed by atoms with Gasteiger partial charge in [0.2, 0.25) is 0 Å². The van der Waals surface area contributed by atoms with Gasteiger partial charge in [-0.25, -0.2) is 0 Å². The first-order valence-corrected chi connectivity index (χ1v) is 7.16. The summed E-state index contributed by atoms with van der Waals surface area (Å²) < 4.78 is 36.8. The Kier molecular flexibility index (Phi) is 7.10. The summed E-state index contributed by atoms with van der Waals surface area (Å²) in [5.41, 5.74) is 0. The Morgan fingerprint density at radius 1 is 1.11 bits per heavy atom. The van der Waals surface area contributed by atoms with Crippen molar-refractivity contribution in [3.05, 3.63) is 0 Å². The molecule has 0 spiro atoms. The predicted octanol–water partition coefficient (Wildman–Crippen LogP) is 1.94. The molecule has 1 aliphatic heterocycles. The average molecular weight is 281 g/mol. The molecule has 1 rings (SSSR count). The van der Waals surface area contributed by atoms with E-state index in [0.717, 1.165) is 39.0 Å². The standard InChI is InChI=1S/C13H26F3N3/c1-3-5-17-6-4-12(2)19-9-7-18(8-10-19)11-13(14,15)16/h12,17H,3-11H2,1-2H3. The number of rotatable bonds is 7. The van der Waals surface area contributed by atoms with Crippen LogP contribution in [0.3, 0.4) is 0 Å². The van der Waals surface area contributed by atoms with Gasteiger partial charge in [0.15, 0.2) is 0 Å². The van der Waals surface area contributed by atoms with Gasteiger partial charge in [-0.2, -0.15) is 13.2 Å². The summed E-state index contributed by atoms with van der Waals surface area (Å²) >= 11 is 0. The number of piperazine rings is 1. The third-order valence-corrected chi connectivity index (χ3v) is 3.60. The van der Waals surface area contributed by atoms with Crippen LogP contribution in [0.2, 0.25) is 0 Å². The molecule has 1 unspecified atom stereocenters. The lowest BCUT2D eigenvalue weighted by Gasteiger charge is -2.38. The maximum atomic E-state index is 12.3. The second-order valence-corrected chi connectivity index (χ2v) is 5.31. The average Bonchev–Trinajstić information content (AvgIpc) is 2.33. The van der Waals surface area contributed by atoms with Crippen LogP contribution in [0.1, 0.15) is 26.7 Å². The number of hydrogen-bond donors (Lipinski definition) is 1. The van der Waals surface area contributed by atoms with Crippen LogP contribution in [0, 0.1) is 0 Å². The Morgan fingerprint density at radius 2 is 1.74 bits per heavy atom. The van der Waals surface area contributed by atoms with Gasteiger partial charge in [0.05, 0.1) is 6.54 Å². The fourth-order valence-electron chi connectivity index (χ4n) is 2.41. The van der Waals surface area contributed by atoms with Crippen molar-refractivity contribution in [3.8, 4) is 0 Å². The monoisotopic (exact) mass is 281 g/mol. The first kappa shape index (κ1) is 16.7. The van der Waals surface area contributed by atoms with Gasteiger partial charge in [-0.3, -0.25) is 9.80 Å². The van der Waals surface area contributed by atoms with Gasteiger partial charge in [-0.05, 0) is 32.9 Å². The van der Waals surface area contributed by atoms with Crippen molar-refractivity contribution in [2.75, 3.05) is 45.8 Å². The molecule has 1 heterocycles. The topological polar surface area (TPSA) is 18.5 Å². The van der Waals surface area contributed by atoms with Crippen molar-refractivity contribution in [2.24, 2.45) is 0 Å². The van der Waals surface area contributed by atoms with Gasteiger partial charge in [0.25, 0.3) is 0 Å². The third kappa shape index (κ3) is 7.13. The zero-order chi connectivity index (χ0) is 14.3. The highest BCUT2D eigenvalue weighted by atomic mass is 19.4. The molecule has 0 bridgehead atoms. The van der Waals surface area contributed by atoms with E-state index in [1.165, 1.54) is 4.90 Å². The Hall–Kier alpha value is -0.330. The maximum Gasteiger partial charge on any atom is 0.401 e. The van der Waals surface area contributed by atoms with Crippen LogP contribution in [0.25, 0.3) is 0 Å². The smallest absolute Gasteiger partial charge is 0.317 e. The quantitative estimate of drug-likeness (QED) is 0.720. The van der Waals surface area contributed by atoms with Crippen molar-refractivity contribution in [1.82, 2.24) is 15.1 Å². The highest BCUT2D eigenvalue weighted by Crippen LogP contribution is 2.18. The molecular formula is C13H26F3N3. The second kappa shape index (κ2) is 8.07. The molecule has 0 saturated carbocycles. The minimum Gasteiger partial charge on any atom is -0.317 e. The first-order chi connectivity index (χ1) is 8.92. The van der Waals surface area contributed by atoms with Crippen molar-refractivity contribution in [1.29, 1.82) is 0 Å². The van der Waals surface area contributed by atoms with E-state index in [2.05, 4.69) is 24.1 Å². The number of nitrogens with zero attached hydrogens (tertiary/aromatic N) is 2. The molecule has 0 aromatic carbocycles. The summed E-state index contributed by atoms with van der Waals surface area (Å²) in [5.74, 6) is 0. The minimum absolute atomic E-state index is 0.442. The number of alkyl halides is 3. The summed E-state index contributed by atoms with van der Waals surface area (Å²) in [6, 6.07) is 0.442. The molecule has 0 aromatic heterocycles. The van der Waals surface area contributed by atoms with E-state index in [0.29, 0.717) is 19.1 Å². The molecule has 1 saturated heterocycles. The molecule has 19 heavy (non-hydrogen) atoms. The third-order valence-electron chi connectivity index (χ3n) is 3.60. The van der Waals surface area contributed by atoms with Gasteiger partial charge >= 0.3 is 6.18 Å².